The van der Waals surface area contributed by atoms with E-state index in [0.717, 1.165) is 18.8 Å². The lowest BCUT2D eigenvalue weighted by Crippen LogP contribution is -2.64. The summed E-state index contributed by atoms with van der Waals surface area (Å²) in [6, 6.07) is 7.12. The Bertz CT molecular complexity index is 571. The molecule has 0 saturated carbocycles. The van der Waals surface area contributed by atoms with Crippen LogP contribution in [-0.2, 0) is 4.79 Å². The SMILES string of the molecule is N#CN1CCN2CCN(c3cccc(Cl)c3)C(=O)C2C1. The highest BCUT2D eigenvalue weighted by Gasteiger charge is 2.38. The van der Waals surface area contributed by atoms with Gasteiger partial charge in [-0.1, -0.05) is 17.7 Å². The van der Waals surface area contributed by atoms with Crippen molar-refractivity contribution >= 4 is 23.2 Å². The largest absolute Gasteiger partial charge is 0.310 e. The number of piperazine rings is 2. The number of hydrogen-bond donors (Lipinski definition) is 0. The lowest BCUT2D eigenvalue weighted by Gasteiger charge is -2.45. The van der Waals surface area contributed by atoms with Gasteiger partial charge in [0.05, 0.1) is 6.54 Å². The third-order valence-corrected chi connectivity index (χ3v) is 4.15. The Morgan fingerprint density at radius 2 is 2.05 bits per heavy atom. The molecule has 2 aliphatic heterocycles. The van der Waals surface area contributed by atoms with Gasteiger partial charge in [0.2, 0.25) is 5.91 Å². The summed E-state index contributed by atoms with van der Waals surface area (Å²) in [5, 5.41) is 9.63. The molecule has 1 aromatic carbocycles. The second kappa shape index (κ2) is 5.31. The summed E-state index contributed by atoms with van der Waals surface area (Å²) in [5.41, 5.74) is 0.830. The minimum Gasteiger partial charge on any atom is -0.310 e. The fraction of sp³-hybridized carbons (Fsp3) is 0.429. The Kier molecular flexibility index (Phi) is 3.51. The zero-order valence-electron chi connectivity index (χ0n) is 11.0. The van der Waals surface area contributed by atoms with Gasteiger partial charge in [0.1, 0.15) is 6.04 Å². The first-order valence-corrected chi connectivity index (χ1v) is 7.02. The molecule has 104 valence electrons. The van der Waals surface area contributed by atoms with Crippen LogP contribution in [-0.4, -0.2) is 54.5 Å². The lowest BCUT2D eigenvalue weighted by atomic mass is 10.1. The summed E-state index contributed by atoms with van der Waals surface area (Å²) in [5.74, 6) is 0.0541. The van der Waals surface area contributed by atoms with Crippen molar-refractivity contribution in [1.29, 1.82) is 5.26 Å². The minimum atomic E-state index is -0.226. The first-order chi connectivity index (χ1) is 9.69. The van der Waals surface area contributed by atoms with Gasteiger partial charge in [0, 0.05) is 36.9 Å². The smallest absolute Gasteiger partial charge is 0.246 e. The molecule has 2 fully saturated rings. The van der Waals surface area contributed by atoms with Crippen molar-refractivity contribution in [3.8, 4) is 6.19 Å². The van der Waals surface area contributed by atoms with Crippen LogP contribution in [0, 0.1) is 11.5 Å². The van der Waals surface area contributed by atoms with E-state index in [2.05, 4.69) is 11.1 Å². The van der Waals surface area contributed by atoms with Crippen LogP contribution in [0.1, 0.15) is 0 Å². The number of rotatable bonds is 1. The van der Waals surface area contributed by atoms with E-state index < -0.39 is 0 Å². The molecule has 0 radical (unpaired) electrons. The van der Waals surface area contributed by atoms with E-state index in [1.807, 2.05) is 12.1 Å². The van der Waals surface area contributed by atoms with Gasteiger partial charge in [-0.2, -0.15) is 5.26 Å². The average molecular weight is 291 g/mol. The summed E-state index contributed by atoms with van der Waals surface area (Å²) in [4.78, 5) is 18.2. The number of nitrogens with zero attached hydrogens (tertiary/aromatic N) is 4. The number of carbonyl (C=O) groups is 1. The molecular weight excluding hydrogens is 276 g/mol. The Morgan fingerprint density at radius 1 is 1.25 bits per heavy atom. The standard InChI is InChI=1S/C14H15ClN4O/c15-11-2-1-3-12(8-11)19-7-6-18-5-4-17(10-16)9-13(18)14(19)20/h1-3,8,13H,4-7,9H2. The van der Waals surface area contributed by atoms with E-state index in [0.29, 0.717) is 24.7 Å². The van der Waals surface area contributed by atoms with Crippen molar-refractivity contribution in [2.45, 2.75) is 6.04 Å². The van der Waals surface area contributed by atoms with Crippen molar-refractivity contribution in [1.82, 2.24) is 9.80 Å². The summed E-state index contributed by atoms with van der Waals surface area (Å²) >= 11 is 6.00. The van der Waals surface area contributed by atoms with Crippen LogP contribution in [0.4, 0.5) is 5.69 Å². The number of anilines is 1. The molecule has 0 aromatic heterocycles. The Morgan fingerprint density at radius 3 is 2.80 bits per heavy atom. The molecule has 2 heterocycles. The van der Waals surface area contributed by atoms with E-state index in [9.17, 15) is 4.79 Å². The molecule has 0 N–H and O–H groups in total. The van der Waals surface area contributed by atoms with Gasteiger partial charge in [-0.3, -0.25) is 9.69 Å². The number of halogens is 1. The fourth-order valence-corrected chi connectivity index (χ4v) is 3.02. The predicted octanol–water partition coefficient (Wildman–Crippen LogP) is 1.15. The number of carbonyl (C=O) groups excluding carboxylic acids is 1. The molecule has 2 aliphatic rings. The highest BCUT2D eigenvalue weighted by Crippen LogP contribution is 2.24. The van der Waals surface area contributed by atoms with Crippen molar-refractivity contribution < 1.29 is 4.79 Å². The van der Waals surface area contributed by atoms with Gasteiger partial charge in [-0.05, 0) is 18.2 Å². The summed E-state index contributed by atoms with van der Waals surface area (Å²) in [6.07, 6.45) is 2.14. The van der Waals surface area contributed by atoms with Crippen molar-refractivity contribution in [3.05, 3.63) is 29.3 Å². The first kappa shape index (κ1) is 13.2. The topological polar surface area (TPSA) is 50.6 Å². The number of benzene rings is 1. The molecule has 1 unspecified atom stereocenters. The molecule has 0 bridgehead atoms. The molecule has 1 amide bonds. The fourth-order valence-electron chi connectivity index (χ4n) is 2.83. The normalized spacial score (nSPS) is 23.4. The van der Waals surface area contributed by atoms with Crippen LogP contribution >= 0.6 is 11.6 Å². The Labute approximate surface area is 122 Å². The van der Waals surface area contributed by atoms with Crippen molar-refractivity contribution in [2.75, 3.05) is 37.6 Å². The molecule has 6 heteroatoms. The molecule has 2 saturated heterocycles. The van der Waals surface area contributed by atoms with Crippen LogP contribution < -0.4 is 4.90 Å². The van der Waals surface area contributed by atoms with Crippen LogP contribution in [0.2, 0.25) is 5.02 Å². The number of fused-ring (bicyclic) bond motifs is 1. The lowest BCUT2D eigenvalue weighted by molar-refractivity contribution is -0.127. The van der Waals surface area contributed by atoms with Crippen molar-refractivity contribution in [3.63, 3.8) is 0 Å². The molecule has 5 nitrogen and oxygen atoms in total. The average Bonchev–Trinajstić information content (AvgIpc) is 2.47. The van der Waals surface area contributed by atoms with E-state index in [-0.39, 0.29) is 11.9 Å². The second-order valence-electron chi connectivity index (χ2n) is 5.07. The molecular formula is C14H15ClN4O. The highest BCUT2D eigenvalue weighted by atomic mass is 35.5. The maximum atomic E-state index is 12.6. The third-order valence-electron chi connectivity index (χ3n) is 3.91. The maximum Gasteiger partial charge on any atom is 0.246 e. The minimum absolute atomic E-state index is 0.0541. The summed E-state index contributed by atoms with van der Waals surface area (Å²) in [7, 11) is 0. The molecule has 3 rings (SSSR count). The third kappa shape index (κ3) is 2.33. The summed E-state index contributed by atoms with van der Waals surface area (Å²) < 4.78 is 0. The maximum absolute atomic E-state index is 12.6. The van der Waals surface area contributed by atoms with E-state index in [1.165, 1.54) is 0 Å². The van der Waals surface area contributed by atoms with Crippen LogP contribution in [0.3, 0.4) is 0 Å². The van der Waals surface area contributed by atoms with Gasteiger partial charge in [-0.25, -0.2) is 0 Å². The Balaban J connectivity index is 1.82. The molecule has 0 spiro atoms. The monoisotopic (exact) mass is 290 g/mol. The van der Waals surface area contributed by atoms with Gasteiger partial charge < -0.3 is 9.80 Å². The molecule has 0 aliphatic carbocycles. The van der Waals surface area contributed by atoms with Gasteiger partial charge >= 0.3 is 0 Å². The van der Waals surface area contributed by atoms with Gasteiger partial charge in [0.15, 0.2) is 6.19 Å². The zero-order chi connectivity index (χ0) is 14.1. The Hall–Kier alpha value is -1.77. The van der Waals surface area contributed by atoms with Crippen LogP contribution in [0.15, 0.2) is 24.3 Å². The molecule has 1 atom stereocenters. The quantitative estimate of drug-likeness (QED) is 0.728. The summed E-state index contributed by atoms with van der Waals surface area (Å²) in [6.45, 7) is 3.46. The molecule has 20 heavy (non-hydrogen) atoms. The van der Waals surface area contributed by atoms with E-state index in [1.54, 1.807) is 21.9 Å². The molecule has 1 aromatic rings. The van der Waals surface area contributed by atoms with Gasteiger partial charge in [0.25, 0.3) is 0 Å². The number of nitriles is 1. The van der Waals surface area contributed by atoms with E-state index in [4.69, 9.17) is 16.9 Å². The highest BCUT2D eigenvalue weighted by molar-refractivity contribution is 6.30. The van der Waals surface area contributed by atoms with E-state index >= 15 is 0 Å². The van der Waals surface area contributed by atoms with Crippen LogP contribution in [0.25, 0.3) is 0 Å². The first-order valence-electron chi connectivity index (χ1n) is 6.65. The second-order valence-corrected chi connectivity index (χ2v) is 5.50. The zero-order valence-corrected chi connectivity index (χ0v) is 11.8. The van der Waals surface area contributed by atoms with Crippen LogP contribution in [0.5, 0.6) is 0 Å². The number of amides is 1. The predicted molar refractivity (Wildman–Crippen MR) is 76.4 cm³/mol. The number of hydrogen-bond acceptors (Lipinski definition) is 4. The van der Waals surface area contributed by atoms with Crippen molar-refractivity contribution in [2.24, 2.45) is 0 Å². The van der Waals surface area contributed by atoms with Gasteiger partial charge in [-0.15, -0.1) is 0 Å².